The molecular weight excluding hydrogens is 258 g/mol. The Balaban J connectivity index is 3.09. The number of rotatable bonds is 3. The zero-order valence-corrected chi connectivity index (χ0v) is 8.85. The van der Waals surface area contributed by atoms with Crippen LogP contribution >= 0.6 is 15.9 Å². The van der Waals surface area contributed by atoms with Crippen LogP contribution in [-0.2, 0) is 0 Å². The number of ketones is 1. The molecule has 0 heterocycles. The fraction of sp³-hybridized carbons (Fsp3) is 0.222. The number of benzene rings is 1. The molecular formula is C9H7BrF2O2. The van der Waals surface area contributed by atoms with E-state index in [9.17, 15) is 13.6 Å². The Morgan fingerprint density at radius 3 is 2.64 bits per heavy atom. The quantitative estimate of drug-likeness (QED) is 0.784. The van der Waals surface area contributed by atoms with Gasteiger partial charge in [-0.25, -0.2) is 0 Å². The topological polar surface area (TPSA) is 26.3 Å². The van der Waals surface area contributed by atoms with E-state index in [0.29, 0.717) is 4.47 Å². The number of carbonyl (C=O) groups is 1. The number of carbonyl (C=O) groups excluding carboxylic acids is 1. The van der Waals surface area contributed by atoms with Crippen molar-refractivity contribution in [2.75, 3.05) is 0 Å². The molecule has 1 aromatic rings. The predicted octanol–water partition coefficient (Wildman–Crippen LogP) is 3.25. The van der Waals surface area contributed by atoms with E-state index in [-0.39, 0.29) is 17.1 Å². The summed E-state index contributed by atoms with van der Waals surface area (Å²) in [6.45, 7) is -1.64. The molecule has 0 saturated carbocycles. The third-order valence-electron chi connectivity index (χ3n) is 1.54. The highest BCUT2D eigenvalue weighted by molar-refractivity contribution is 9.10. The van der Waals surface area contributed by atoms with Gasteiger partial charge >= 0.3 is 6.61 Å². The molecule has 0 atom stereocenters. The minimum atomic E-state index is -2.93. The molecule has 0 radical (unpaired) electrons. The Morgan fingerprint density at radius 1 is 1.50 bits per heavy atom. The molecule has 14 heavy (non-hydrogen) atoms. The molecule has 0 aromatic heterocycles. The number of hydrogen-bond acceptors (Lipinski definition) is 2. The molecule has 0 spiro atoms. The predicted molar refractivity (Wildman–Crippen MR) is 50.8 cm³/mol. The van der Waals surface area contributed by atoms with Crippen LogP contribution in [0, 0.1) is 0 Å². The van der Waals surface area contributed by atoms with Gasteiger partial charge in [-0.2, -0.15) is 8.78 Å². The van der Waals surface area contributed by atoms with Crippen LogP contribution in [0.1, 0.15) is 17.3 Å². The molecule has 0 N–H and O–H groups in total. The second-order valence-electron chi connectivity index (χ2n) is 2.58. The van der Waals surface area contributed by atoms with Crippen molar-refractivity contribution in [1.29, 1.82) is 0 Å². The summed E-state index contributed by atoms with van der Waals surface area (Å²) in [7, 11) is 0. The van der Waals surface area contributed by atoms with E-state index in [1.165, 1.54) is 19.1 Å². The first-order valence-electron chi connectivity index (χ1n) is 3.76. The van der Waals surface area contributed by atoms with Crippen LogP contribution in [0.15, 0.2) is 22.7 Å². The van der Waals surface area contributed by atoms with Gasteiger partial charge in [0.1, 0.15) is 5.75 Å². The molecule has 0 aliphatic carbocycles. The van der Waals surface area contributed by atoms with E-state index in [0.717, 1.165) is 0 Å². The highest BCUT2D eigenvalue weighted by Gasteiger charge is 2.12. The SMILES string of the molecule is CC(=O)c1ccc(Br)cc1OC(F)F. The maximum Gasteiger partial charge on any atom is 0.387 e. The van der Waals surface area contributed by atoms with Gasteiger partial charge in [0.25, 0.3) is 0 Å². The van der Waals surface area contributed by atoms with Crippen LogP contribution in [0.25, 0.3) is 0 Å². The van der Waals surface area contributed by atoms with Crippen LogP contribution in [0.5, 0.6) is 5.75 Å². The van der Waals surface area contributed by atoms with Gasteiger partial charge in [-0.1, -0.05) is 15.9 Å². The van der Waals surface area contributed by atoms with Crippen molar-refractivity contribution in [3.8, 4) is 5.75 Å². The third-order valence-corrected chi connectivity index (χ3v) is 2.03. The third kappa shape index (κ3) is 2.77. The van der Waals surface area contributed by atoms with Crippen molar-refractivity contribution in [3.63, 3.8) is 0 Å². The van der Waals surface area contributed by atoms with Gasteiger partial charge in [0, 0.05) is 4.47 Å². The lowest BCUT2D eigenvalue weighted by Gasteiger charge is -2.08. The van der Waals surface area contributed by atoms with E-state index >= 15 is 0 Å². The summed E-state index contributed by atoms with van der Waals surface area (Å²) in [6, 6.07) is 4.36. The second kappa shape index (κ2) is 4.50. The van der Waals surface area contributed by atoms with Crippen LogP contribution in [-0.4, -0.2) is 12.4 Å². The Hall–Kier alpha value is -0.970. The van der Waals surface area contributed by atoms with Crippen LogP contribution in [0.3, 0.4) is 0 Å². The average molecular weight is 265 g/mol. The summed E-state index contributed by atoms with van der Waals surface area (Å²) in [5.41, 5.74) is 0.147. The summed E-state index contributed by atoms with van der Waals surface area (Å²) < 4.78 is 28.7. The maximum absolute atomic E-state index is 11.9. The van der Waals surface area contributed by atoms with E-state index in [1.54, 1.807) is 6.07 Å². The fourth-order valence-corrected chi connectivity index (χ4v) is 1.32. The monoisotopic (exact) mass is 264 g/mol. The Bertz CT molecular complexity index is 353. The molecule has 1 aromatic carbocycles. The maximum atomic E-state index is 11.9. The summed E-state index contributed by atoms with van der Waals surface area (Å²) >= 11 is 3.10. The highest BCUT2D eigenvalue weighted by atomic mass is 79.9. The highest BCUT2D eigenvalue weighted by Crippen LogP contribution is 2.25. The van der Waals surface area contributed by atoms with Crippen molar-refractivity contribution in [3.05, 3.63) is 28.2 Å². The lowest BCUT2D eigenvalue weighted by Crippen LogP contribution is -2.06. The first-order valence-corrected chi connectivity index (χ1v) is 4.55. The summed E-state index contributed by atoms with van der Waals surface area (Å²) in [5, 5.41) is 0. The number of hydrogen-bond donors (Lipinski definition) is 0. The largest absolute Gasteiger partial charge is 0.434 e. The molecule has 0 fully saturated rings. The zero-order valence-electron chi connectivity index (χ0n) is 7.26. The number of alkyl halides is 2. The van der Waals surface area contributed by atoms with E-state index < -0.39 is 6.61 Å². The first-order chi connectivity index (χ1) is 6.50. The number of halogens is 3. The lowest BCUT2D eigenvalue weighted by atomic mass is 10.1. The van der Waals surface area contributed by atoms with E-state index in [4.69, 9.17) is 0 Å². The Kier molecular flexibility index (Phi) is 3.57. The average Bonchev–Trinajstić information content (AvgIpc) is 2.01. The van der Waals surface area contributed by atoms with Gasteiger partial charge in [-0.3, -0.25) is 4.79 Å². The van der Waals surface area contributed by atoms with Gasteiger partial charge in [0.05, 0.1) is 5.56 Å². The minimum Gasteiger partial charge on any atom is -0.434 e. The minimum absolute atomic E-state index is 0.109. The molecule has 0 aliphatic heterocycles. The molecule has 0 amide bonds. The number of ether oxygens (including phenoxy) is 1. The van der Waals surface area contributed by atoms with Crippen LogP contribution in [0.2, 0.25) is 0 Å². The van der Waals surface area contributed by atoms with Gasteiger partial charge in [0.2, 0.25) is 0 Å². The van der Waals surface area contributed by atoms with Crippen molar-refractivity contribution >= 4 is 21.7 Å². The normalized spacial score (nSPS) is 10.4. The van der Waals surface area contributed by atoms with Gasteiger partial charge in [-0.15, -0.1) is 0 Å². The summed E-state index contributed by atoms with van der Waals surface area (Å²) in [4.78, 5) is 11.0. The van der Waals surface area contributed by atoms with Crippen molar-refractivity contribution < 1.29 is 18.3 Å². The smallest absolute Gasteiger partial charge is 0.387 e. The summed E-state index contributed by atoms with van der Waals surface area (Å²) in [6.07, 6.45) is 0. The first kappa shape index (κ1) is 11.1. The van der Waals surface area contributed by atoms with Gasteiger partial charge < -0.3 is 4.74 Å². The molecule has 1 rings (SSSR count). The zero-order chi connectivity index (χ0) is 10.7. The number of Topliss-reactive ketones (excluding diaryl/α,β-unsaturated/α-hetero) is 1. The Labute approximate surface area is 88.0 Å². The summed E-state index contributed by atoms with van der Waals surface area (Å²) in [5.74, 6) is -0.421. The lowest BCUT2D eigenvalue weighted by molar-refractivity contribution is -0.0501. The standard InChI is InChI=1S/C9H7BrF2O2/c1-5(13)7-3-2-6(10)4-8(7)14-9(11)12/h2-4,9H,1H3. The molecule has 0 saturated heterocycles. The van der Waals surface area contributed by atoms with Crippen molar-refractivity contribution in [2.45, 2.75) is 13.5 Å². The van der Waals surface area contributed by atoms with E-state index in [2.05, 4.69) is 20.7 Å². The molecule has 0 unspecified atom stereocenters. The van der Waals surface area contributed by atoms with Crippen LogP contribution in [0.4, 0.5) is 8.78 Å². The fourth-order valence-electron chi connectivity index (χ4n) is 0.981. The van der Waals surface area contributed by atoms with Crippen LogP contribution < -0.4 is 4.74 Å². The Morgan fingerprint density at radius 2 is 2.14 bits per heavy atom. The molecule has 0 aliphatic rings. The molecule has 2 nitrogen and oxygen atoms in total. The van der Waals surface area contributed by atoms with Crippen molar-refractivity contribution in [2.24, 2.45) is 0 Å². The molecule has 0 bridgehead atoms. The van der Waals surface area contributed by atoms with E-state index in [1.807, 2.05) is 0 Å². The van der Waals surface area contributed by atoms with Gasteiger partial charge in [-0.05, 0) is 25.1 Å². The molecule has 76 valence electrons. The van der Waals surface area contributed by atoms with Gasteiger partial charge in [0.15, 0.2) is 5.78 Å². The molecule has 5 heteroatoms. The second-order valence-corrected chi connectivity index (χ2v) is 3.49. The van der Waals surface area contributed by atoms with Crippen molar-refractivity contribution in [1.82, 2.24) is 0 Å².